The summed E-state index contributed by atoms with van der Waals surface area (Å²) >= 11 is 0. The number of phosphoric ester groups is 1. The van der Waals surface area contributed by atoms with Crippen LogP contribution in [-0.2, 0) is 48.7 Å². The van der Waals surface area contributed by atoms with E-state index >= 15 is 0 Å². The van der Waals surface area contributed by atoms with Gasteiger partial charge in [0.2, 0.25) is 0 Å². The van der Waals surface area contributed by atoms with Gasteiger partial charge in [0, 0.05) is 0 Å². The minimum atomic E-state index is -4.43. The standard InChI is InChI=1S/C31H57O12P/c1-2-3-4-5-6-7-8-9-30-10-12-31(13-11-30)42-28-26-40-24-22-38-20-18-36-16-14-35-15-17-37-19-21-39-23-25-41-27-29-43-44(32,33)34/h10-13H,2-9,14-29H2,1H3,(H2,32,33,34). The highest BCUT2D eigenvalue weighted by molar-refractivity contribution is 7.46. The molecule has 0 amide bonds. The molecule has 0 aliphatic carbocycles. The van der Waals surface area contributed by atoms with E-state index in [1.54, 1.807) is 0 Å². The molecular formula is C31H57O12P. The van der Waals surface area contributed by atoms with Gasteiger partial charge in [-0.15, -0.1) is 0 Å². The molecule has 0 spiro atoms. The van der Waals surface area contributed by atoms with Gasteiger partial charge in [-0.05, 0) is 30.5 Å². The van der Waals surface area contributed by atoms with E-state index in [0.717, 1.165) is 12.2 Å². The van der Waals surface area contributed by atoms with Gasteiger partial charge in [-0.25, -0.2) is 4.57 Å². The van der Waals surface area contributed by atoms with Crippen LogP contribution >= 0.6 is 7.82 Å². The van der Waals surface area contributed by atoms with Crippen LogP contribution in [0.4, 0.5) is 0 Å². The summed E-state index contributed by atoms with van der Waals surface area (Å²) < 4.78 is 58.3. The predicted molar refractivity (Wildman–Crippen MR) is 167 cm³/mol. The zero-order valence-electron chi connectivity index (χ0n) is 26.7. The topological polar surface area (TPSA) is 141 Å². The summed E-state index contributed by atoms with van der Waals surface area (Å²) in [6.45, 7) is 8.61. The Kier molecular flexibility index (Phi) is 28.3. The van der Waals surface area contributed by atoms with Crippen molar-refractivity contribution in [3.63, 3.8) is 0 Å². The van der Waals surface area contributed by atoms with Crippen LogP contribution in [0.2, 0.25) is 0 Å². The number of unbranched alkanes of at least 4 members (excludes halogenated alkanes) is 6. The first-order valence-electron chi connectivity index (χ1n) is 16.0. The summed E-state index contributed by atoms with van der Waals surface area (Å²) in [7, 11) is -4.43. The number of rotatable bonds is 34. The Bertz CT molecular complexity index is 777. The van der Waals surface area contributed by atoms with Gasteiger partial charge in [-0.3, -0.25) is 4.52 Å². The van der Waals surface area contributed by atoms with Crippen LogP contribution in [0.5, 0.6) is 5.75 Å². The lowest BCUT2D eigenvalue weighted by Crippen LogP contribution is -2.15. The molecule has 0 bridgehead atoms. The molecular weight excluding hydrogens is 595 g/mol. The van der Waals surface area contributed by atoms with Gasteiger partial charge in [-0.1, -0.05) is 57.6 Å². The van der Waals surface area contributed by atoms with Gasteiger partial charge in [0.25, 0.3) is 0 Å². The third kappa shape index (κ3) is 29.6. The maximum Gasteiger partial charge on any atom is 0.469 e. The molecule has 1 rings (SSSR count). The first-order valence-corrected chi connectivity index (χ1v) is 17.5. The van der Waals surface area contributed by atoms with Gasteiger partial charge >= 0.3 is 7.82 Å². The number of benzene rings is 1. The van der Waals surface area contributed by atoms with Gasteiger partial charge < -0.3 is 47.7 Å². The number of ether oxygens (including phenoxy) is 8. The number of hydrogen-bond acceptors (Lipinski definition) is 10. The second-order valence-corrected chi connectivity index (χ2v) is 11.2. The molecule has 0 aliphatic heterocycles. The van der Waals surface area contributed by atoms with Crippen molar-refractivity contribution >= 4 is 7.82 Å². The minimum Gasteiger partial charge on any atom is -0.491 e. The average molecular weight is 653 g/mol. The molecule has 0 saturated carbocycles. The highest BCUT2D eigenvalue weighted by atomic mass is 31.2. The second-order valence-electron chi connectivity index (χ2n) is 9.97. The molecule has 0 atom stereocenters. The van der Waals surface area contributed by atoms with E-state index in [-0.39, 0.29) is 13.2 Å². The van der Waals surface area contributed by atoms with Crippen molar-refractivity contribution in [2.75, 3.05) is 106 Å². The third-order valence-electron chi connectivity index (χ3n) is 6.21. The normalized spacial score (nSPS) is 11.8. The molecule has 1 aromatic carbocycles. The summed E-state index contributed by atoms with van der Waals surface area (Å²) in [4.78, 5) is 17.0. The molecule has 1 aromatic rings. The molecule has 13 heteroatoms. The maximum atomic E-state index is 10.5. The number of aryl methyl sites for hydroxylation is 1. The van der Waals surface area contributed by atoms with Crippen molar-refractivity contribution in [3.8, 4) is 5.75 Å². The zero-order valence-corrected chi connectivity index (χ0v) is 27.6. The Labute approximate surface area is 264 Å². The molecule has 44 heavy (non-hydrogen) atoms. The van der Waals surface area contributed by atoms with Crippen LogP contribution in [0.1, 0.15) is 57.4 Å². The van der Waals surface area contributed by atoms with E-state index in [9.17, 15) is 4.57 Å². The molecule has 0 unspecified atom stereocenters. The van der Waals surface area contributed by atoms with Crippen LogP contribution < -0.4 is 4.74 Å². The Morgan fingerprint density at radius 1 is 0.500 bits per heavy atom. The summed E-state index contributed by atoms with van der Waals surface area (Å²) in [5, 5.41) is 0. The lowest BCUT2D eigenvalue weighted by Gasteiger charge is -2.09. The Hall–Kier alpha value is -1.15. The number of phosphoric acid groups is 1. The van der Waals surface area contributed by atoms with E-state index in [2.05, 4.69) is 23.6 Å². The summed E-state index contributed by atoms with van der Waals surface area (Å²) in [6.07, 6.45) is 10.5. The fourth-order valence-corrected chi connectivity index (χ4v) is 4.21. The van der Waals surface area contributed by atoms with Crippen LogP contribution in [0, 0.1) is 0 Å². The first kappa shape index (κ1) is 40.9. The third-order valence-corrected chi connectivity index (χ3v) is 6.73. The van der Waals surface area contributed by atoms with Crippen LogP contribution in [0.15, 0.2) is 24.3 Å². The fourth-order valence-electron chi connectivity index (χ4n) is 3.89. The van der Waals surface area contributed by atoms with Crippen molar-refractivity contribution in [1.82, 2.24) is 0 Å². The van der Waals surface area contributed by atoms with Crippen molar-refractivity contribution < 1.29 is 56.8 Å². The van der Waals surface area contributed by atoms with E-state index in [1.807, 2.05) is 12.1 Å². The van der Waals surface area contributed by atoms with Gasteiger partial charge in [0.15, 0.2) is 0 Å². The molecule has 258 valence electrons. The highest BCUT2D eigenvalue weighted by Gasteiger charge is 2.12. The van der Waals surface area contributed by atoms with Crippen molar-refractivity contribution in [2.24, 2.45) is 0 Å². The van der Waals surface area contributed by atoms with Crippen LogP contribution in [-0.4, -0.2) is 115 Å². The minimum absolute atomic E-state index is 0.0835. The lowest BCUT2D eigenvalue weighted by atomic mass is 10.0. The largest absolute Gasteiger partial charge is 0.491 e. The zero-order chi connectivity index (χ0) is 31.8. The van der Waals surface area contributed by atoms with Gasteiger partial charge in [-0.2, -0.15) is 0 Å². The molecule has 0 heterocycles. The van der Waals surface area contributed by atoms with Crippen molar-refractivity contribution in [1.29, 1.82) is 0 Å². The SMILES string of the molecule is CCCCCCCCCc1ccc(OCCOCCOCCOCCOCCOCCOCCOCCOP(=O)(O)O)cc1. The van der Waals surface area contributed by atoms with Crippen molar-refractivity contribution in [2.45, 2.75) is 58.3 Å². The Morgan fingerprint density at radius 3 is 1.27 bits per heavy atom. The molecule has 0 fully saturated rings. The Morgan fingerprint density at radius 2 is 0.864 bits per heavy atom. The monoisotopic (exact) mass is 652 g/mol. The van der Waals surface area contributed by atoms with Crippen molar-refractivity contribution in [3.05, 3.63) is 29.8 Å². The van der Waals surface area contributed by atoms with Crippen LogP contribution in [0.3, 0.4) is 0 Å². The molecule has 12 nitrogen and oxygen atoms in total. The number of hydrogen-bond donors (Lipinski definition) is 2. The predicted octanol–water partition coefficient (Wildman–Crippen LogP) is 4.58. The Balaban J connectivity index is 1.74. The second kappa shape index (κ2) is 30.5. The van der Waals surface area contributed by atoms with E-state index in [1.165, 1.54) is 50.5 Å². The van der Waals surface area contributed by atoms with E-state index in [0.29, 0.717) is 92.5 Å². The molecule has 0 saturated heterocycles. The maximum absolute atomic E-state index is 10.5. The van der Waals surface area contributed by atoms with Gasteiger partial charge in [0.05, 0.1) is 99.1 Å². The summed E-state index contributed by atoms with van der Waals surface area (Å²) in [6, 6.07) is 8.41. The lowest BCUT2D eigenvalue weighted by molar-refractivity contribution is -0.0221. The van der Waals surface area contributed by atoms with Gasteiger partial charge in [0.1, 0.15) is 12.4 Å². The van der Waals surface area contributed by atoms with Crippen LogP contribution in [0.25, 0.3) is 0 Å². The first-order chi connectivity index (χ1) is 21.5. The summed E-state index contributed by atoms with van der Waals surface area (Å²) in [5.41, 5.74) is 1.37. The average Bonchev–Trinajstić information content (AvgIpc) is 3.00. The molecule has 0 radical (unpaired) electrons. The summed E-state index contributed by atoms with van der Waals surface area (Å²) in [5.74, 6) is 0.875. The highest BCUT2D eigenvalue weighted by Crippen LogP contribution is 2.35. The molecule has 0 aliphatic rings. The quantitative estimate of drug-likeness (QED) is 0.0795. The van der Waals surface area contributed by atoms with E-state index in [4.69, 9.17) is 47.7 Å². The smallest absolute Gasteiger partial charge is 0.469 e. The molecule has 0 aromatic heterocycles. The molecule has 2 N–H and O–H groups in total. The fraction of sp³-hybridized carbons (Fsp3) is 0.806. The van der Waals surface area contributed by atoms with E-state index < -0.39 is 7.82 Å².